The molecule has 6 heteroatoms. The second-order valence-electron chi connectivity index (χ2n) is 7.08. The molecule has 0 spiro atoms. The van der Waals surface area contributed by atoms with E-state index in [1.165, 1.54) is 0 Å². The molecule has 0 radical (unpaired) electrons. The molecular weight excluding hydrogens is 384 g/mol. The zero-order valence-electron chi connectivity index (χ0n) is 17.4. The maximum Gasteiger partial charge on any atom is 0.338 e. The van der Waals surface area contributed by atoms with Crippen LogP contribution in [0.1, 0.15) is 25.8 Å². The molecule has 0 aliphatic heterocycles. The fourth-order valence-corrected chi connectivity index (χ4v) is 3.07. The molecule has 30 heavy (non-hydrogen) atoms. The van der Waals surface area contributed by atoms with Crippen LogP contribution in [0.15, 0.2) is 59.1 Å². The molecule has 0 N–H and O–H groups in total. The average Bonchev–Trinajstić information content (AvgIpc) is 3.08. The Hall–Kier alpha value is -3.54. The van der Waals surface area contributed by atoms with Gasteiger partial charge in [0, 0.05) is 28.0 Å². The normalized spacial score (nSPS) is 10.8. The molecule has 3 aromatic rings. The molecule has 0 atom stereocenters. The highest BCUT2D eigenvalue weighted by Crippen LogP contribution is 2.38. The average molecular weight is 408 g/mol. The van der Waals surface area contributed by atoms with Gasteiger partial charge in [-0.3, -0.25) is 0 Å². The minimum absolute atomic E-state index is 0.296. The van der Waals surface area contributed by atoms with Crippen LogP contribution in [0.3, 0.4) is 0 Å². The number of hydrogen-bond donors (Lipinski definition) is 0. The van der Waals surface area contributed by atoms with Gasteiger partial charge in [-0.05, 0) is 50.5 Å². The van der Waals surface area contributed by atoms with Gasteiger partial charge in [0.25, 0.3) is 0 Å². The van der Waals surface area contributed by atoms with Gasteiger partial charge in [0.15, 0.2) is 11.3 Å². The Kier molecular flexibility index (Phi) is 6.26. The van der Waals surface area contributed by atoms with Gasteiger partial charge in [0.1, 0.15) is 11.3 Å². The lowest BCUT2D eigenvalue weighted by Crippen LogP contribution is -2.07. The smallest absolute Gasteiger partial charge is 0.338 e. The van der Waals surface area contributed by atoms with E-state index >= 15 is 0 Å². The largest absolute Gasteiger partial charge is 0.493 e. The van der Waals surface area contributed by atoms with E-state index in [0.717, 1.165) is 16.3 Å². The van der Waals surface area contributed by atoms with Crippen molar-refractivity contribution >= 4 is 33.9 Å². The van der Waals surface area contributed by atoms with E-state index in [9.17, 15) is 9.59 Å². The molecule has 0 saturated carbocycles. The topological polar surface area (TPSA) is 75.0 Å². The second kappa shape index (κ2) is 8.86. The zero-order chi connectivity index (χ0) is 21.8. The minimum Gasteiger partial charge on any atom is -0.493 e. The Morgan fingerprint density at radius 3 is 2.37 bits per heavy atom. The summed E-state index contributed by atoms with van der Waals surface area (Å²) in [7, 11) is 1.59. The first-order valence-electron chi connectivity index (χ1n) is 9.54. The first kappa shape index (κ1) is 21.2. The van der Waals surface area contributed by atoms with Gasteiger partial charge < -0.3 is 18.6 Å². The van der Waals surface area contributed by atoms with Crippen LogP contribution in [-0.2, 0) is 20.7 Å². The molecule has 0 aliphatic carbocycles. The van der Waals surface area contributed by atoms with Crippen molar-refractivity contribution in [2.45, 2.75) is 26.7 Å². The van der Waals surface area contributed by atoms with Gasteiger partial charge in [0.2, 0.25) is 0 Å². The first-order chi connectivity index (χ1) is 14.3. The number of aryl methyl sites for hydroxylation is 1. The van der Waals surface area contributed by atoms with Crippen LogP contribution in [0.5, 0.6) is 11.5 Å². The molecule has 2 aromatic carbocycles. The summed E-state index contributed by atoms with van der Waals surface area (Å²) in [5.74, 6) is 0.138. The molecule has 0 aliphatic rings. The summed E-state index contributed by atoms with van der Waals surface area (Å²) in [5.41, 5.74) is 2.85. The van der Waals surface area contributed by atoms with Crippen LogP contribution in [-0.4, -0.2) is 25.7 Å². The van der Waals surface area contributed by atoms with Crippen molar-refractivity contribution in [1.82, 2.24) is 0 Å². The SMILES string of the molecule is C=C(C)C(=O)OCCCc1ccc2c(oc3cc(OC(=O)C(=C)C)ccc32)c1OC. The Balaban J connectivity index is 1.86. The summed E-state index contributed by atoms with van der Waals surface area (Å²) in [4.78, 5) is 23.2. The van der Waals surface area contributed by atoms with Crippen molar-refractivity contribution in [2.75, 3.05) is 13.7 Å². The van der Waals surface area contributed by atoms with Gasteiger partial charge in [0.05, 0.1) is 13.7 Å². The predicted octanol–water partition coefficient (Wildman–Crippen LogP) is 5.13. The van der Waals surface area contributed by atoms with Gasteiger partial charge in [-0.1, -0.05) is 19.2 Å². The van der Waals surface area contributed by atoms with Gasteiger partial charge in [-0.15, -0.1) is 0 Å². The van der Waals surface area contributed by atoms with Gasteiger partial charge in [-0.25, -0.2) is 9.59 Å². The predicted molar refractivity (Wildman–Crippen MR) is 115 cm³/mol. The number of carbonyl (C=O) groups excluding carboxylic acids is 2. The maximum absolute atomic E-state index is 11.8. The Bertz CT molecular complexity index is 1150. The molecule has 0 unspecified atom stereocenters. The molecule has 0 fully saturated rings. The Morgan fingerprint density at radius 1 is 1.00 bits per heavy atom. The van der Waals surface area contributed by atoms with Crippen molar-refractivity contribution in [3.8, 4) is 11.5 Å². The summed E-state index contributed by atoms with van der Waals surface area (Å²) in [5, 5.41) is 1.79. The second-order valence-corrected chi connectivity index (χ2v) is 7.08. The van der Waals surface area contributed by atoms with E-state index < -0.39 is 11.9 Å². The lowest BCUT2D eigenvalue weighted by atomic mass is 10.0. The summed E-state index contributed by atoms with van der Waals surface area (Å²) in [6.45, 7) is 10.7. The van der Waals surface area contributed by atoms with Gasteiger partial charge >= 0.3 is 11.9 Å². The number of ether oxygens (including phenoxy) is 3. The molecule has 6 nitrogen and oxygen atoms in total. The van der Waals surface area contributed by atoms with Crippen molar-refractivity contribution < 1.29 is 28.2 Å². The summed E-state index contributed by atoms with van der Waals surface area (Å²) in [6, 6.07) is 9.18. The fraction of sp³-hybridized carbons (Fsp3) is 0.250. The fourth-order valence-electron chi connectivity index (χ4n) is 3.07. The lowest BCUT2D eigenvalue weighted by Gasteiger charge is -2.09. The zero-order valence-corrected chi connectivity index (χ0v) is 17.4. The Morgan fingerprint density at radius 2 is 1.70 bits per heavy atom. The molecule has 1 heterocycles. The van der Waals surface area contributed by atoms with Crippen molar-refractivity contribution in [3.05, 3.63) is 60.2 Å². The molecule has 1 aromatic heterocycles. The molecule has 156 valence electrons. The van der Waals surface area contributed by atoms with Crippen LogP contribution < -0.4 is 9.47 Å². The molecule has 0 bridgehead atoms. The number of rotatable bonds is 8. The summed E-state index contributed by atoms with van der Waals surface area (Å²) in [6.07, 6.45) is 1.29. The standard InChI is InChI=1S/C24H24O6/c1-14(2)23(25)28-12-6-7-16-8-10-19-18-11-9-17(29-24(26)15(3)4)13-20(18)30-22(19)21(16)27-5/h8-11,13H,1,3,6-7,12H2,2,4-5H3. The van der Waals surface area contributed by atoms with E-state index in [1.54, 1.807) is 33.1 Å². The highest BCUT2D eigenvalue weighted by atomic mass is 16.5. The number of benzene rings is 2. The summed E-state index contributed by atoms with van der Waals surface area (Å²) >= 11 is 0. The third-order valence-corrected chi connectivity index (χ3v) is 4.58. The Labute approximate surface area is 174 Å². The monoisotopic (exact) mass is 408 g/mol. The minimum atomic E-state index is -0.488. The first-order valence-corrected chi connectivity index (χ1v) is 9.54. The number of hydrogen-bond acceptors (Lipinski definition) is 6. The van der Waals surface area contributed by atoms with Crippen LogP contribution in [0.25, 0.3) is 21.9 Å². The highest BCUT2D eigenvalue weighted by Gasteiger charge is 2.17. The van der Waals surface area contributed by atoms with E-state index in [4.69, 9.17) is 18.6 Å². The lowest BCUT2D eigenvalue weighted by molar-refractivity contribution is -0.139. The number of fused-ring (bicyclic) bond motifs is 3. The third-order valence-electron chi connectivity index (χ3n) is 4.58. The van der Waals surface area contributed by atoms with E-state index in [0.29, 0.717) is 53.3 Å². The highest BCUT2D eigenvalue weighted by molar-refractivity contribution is 6.07. The van der Waals surface area contributed by atoms with Crippen molar-refractivity contribution in [3.63, 3.8) is 0 Å². The van der Waals surface area contributed by atoms with Crippen LogP contribution >= 0.6 is 0 Å². The van der Waals surface area contributed by atoms with E-state index in [2.05, 4.69) is 13.2 Å². The number of methoxy groups -OCH3 is 1. The van der Waals surface area contributed by atoms with Crippen LogP contribution in [0.2, 0.25) is 0 Å². The summed E-state index contributed by atoms with van der Waals surface area (Å²) < 4.78 is 22.1. The van der Waals surface area contributed by atoms with Crippen molar-refractivity contribution in [2.24, 2.45) is 0 Å². The number of furan rings is 1. The number of esters is 2. The van der Waals surface area contributed by atoms with E-state index in [1.807, 2.05) is 18.2 Å². The molecular formula is C24H24O6. The van der Waals surface area contributed by atoms with Crippen LogP contribution in [0.4, 0.5) is 0 Å². The van der Waals surface area contributed by atoms with Crippen molar-refractivity contribution in [1.29, 1.82) is 0 Å². The van der Waals surface area contributed by atoms with E-state index in [-0.39, 0.29) is 0 Å². The van der Waals surface area contributed by atoms with Crippen LogP contribution in [0, 0.1) is 0 Å². The molecule has 0 saturated heterocycles. The third kappa shape index (κ3) is 4.38. The van der Waals surface area contributed by atoms with Gasteiger partial charge in [-0.2, -0.15) is 0 Å². The maximum atomic E-state index is 11.8. The number of carbonyl (C=O) groups is 2. The molecule has 3 rings (SSSR count). The molecule has 0 amide bonds. The quantitative estimate of drug-likeness (QED) is 0.223.